The molecule has 0 saturated carbocycles. The highest BCUT2D eigenvalue weighted by Gasteiger charge is 2.21. The van der Waals surface area contributed by atoms with E-state index in [0.29, 0.717) is 18.3 Å². The van der Waals surface area contributed by atoms with Gasteiger partial charge in [0.05, 0.1) is 0 Å². The maximum atomic E-state index is 11.8. The highest BCUT2D eigenvalue weighted by atomic mass is 35.5. The van der Waals surface area contributed by atoms with Crippen molar-refractivity contribution in [2.75, 3.05) is 19.6 Å². The molecule has 1 fully saturated rings. The average Bonchev–Trinajstić information content (AvgIpc) is 2.74. The molecule has 0 aromatic heterocycles. The minimum atomic E-state index is 0. The third kappa shape index (κ3) is 8.48. The van der Waals surface area contributed by atoms with Gasteiger partial charge in [-0.15, -0.1) is 12.4 Å². The van der Waals surface area contributed by atoms with Crippen molar-refractivity contribution in [3.63, 3.8) is 0 Å². The first kappa shape index (κ1) is 18.7. The van der Waals surface area contributed by atoms with E-state index in [-0.39, 0.29) is 23.7 Å². The van der Waals surface area contributed by atoms with Crippen LogP contribution in [0, 0.1) is 17.3 Å². The second kappa shape index (κ2) is 8.80. The summed E-state index contributed by atoms with van der Waals surface area (Å²) in [5.41, 5.74) is 0.207. The number of amides is 1. The van der Waals surface area contributed by atoms with E-state index >= 15 is 0 Å². The molecule has 0 aliphatic carbocycles. The van der Waals surface area contributed by atoms with E-state index < -0.39 is 0 Å². The van der Waals surface area contributed by atoms with Crippen molar-refractivity contribution in [3.05, 3.63) is 0 Å². The molecule has 114 valence electrons. The summed E-state index contributed by atoms with van der Waals surface area (Å²) in [6.07, 6.45) is 4.10. The number of halogens is 1. The van der Waals surface area contributed by atoms with Crippen LogP contribution in [0.15, 0.2) is 0 Å². The van der Waals surface area contributed by atoms with Crippen LogP contribution in [0.25, 0.3) is 0 Å². The van der Waals surface area contributed by atoms with Gasteiger partial charge in [0.1, 0.15) is 0 Å². The molecule has 1 rings (SSSR count). The van der Waals surface area contributed by atoms with E-state index in [0.717, 1.165) is 32.5 Å². The SMILES string of the molecule is CC(C)CC(C)(C)CNC(=O)CCC1CCNC1.Cl. The Morgan fingerprint density at radius 3 is 2.63 bits per heavy atom. The van der Waals surface area contributed by atoms with Gasteiger partial charge in [-0.25, -0.2) is 0 Å². The van der Waals surface area contributed by atoms with Gasteiger partial charge in [0.15, 0.2) is 0 Å². The van der Waals surface area contributed by atoms with Gasteiger partial charge in [0.2, 0.25) is 5.91 Å². The first-order valence-electron chi connectivity index (χ1n) is 7.36. The van der Waals surface area contributed by atoms with E-state index in [1.54, 1.807) is 0 Å². The second-order valence-corrected chi connectivity index (χ2v) is 6.94. The molecular weight excluding hydrogens is 260 g/mol. The Labute approximate surface area is 124 Å². The maximum absolute atomic E-state index is 11.8. The monoisotopic (exact) mass is 290 g/mol. The van der Waals surface area contributed by atoms with Crippen molar-refractivity contribution in [2.24, 2.45) is 17.3 Å². The molecule has 1 saturated heterocycles. The van der Waals surface area contributed by atoms with E-state index in [1.165, 1.54) is 6.42 Å². The lowest BCUT2D eigenvalue weighted by molar-refractivity contribution is -0.121. The summed E-state index contributed by atoms with van der Waals surface area (Å²) in [5, 5.41) is 6.44. The molecule has 0 aromatic carbocycles. The summed E-state index contributed by atoms with van der Waals surface area (Å²) in [4.78, 5) is 11.8. The van der Waals surface area contributed by atoms with Gasteiger partial charge in [0.25, 0.3) is 0 Å². The second-order valence-electron chi connectivity index (χ2n) is 6.94. The van der Waals surface area contributed by atoms with Crippen LogP contribution >= 0.6 is 12.4 Å². The van der Waals surface area contributed by atoms with Crippen LogP contribution in [-0.4, -0.2) is 25.5 Å². The third-order valence-electron chi connectivity index (χ3n) is 3.67. The highest BCUT2D eigenvalue weighted by Crippen LogP contribution is 2.24. The molecule has 19 heavy (non-hydrogen) atoms. The molecule has 1 heterocycles. The van der Waals surface area contributed by atoms with Gasteiger partial charge in [-0.2, -0.15) is 0 Å². The van der Waals surface area contributed by atoms with Crippen LogP contribution in [0.5, 0.6) is 0 Å². The number of rotatable bonds is 7. The molecule has 1 aliphatic rings. The number of hydrogen-bond acceptors (Lipinski definition) is 2. The van der Waals surface area contributed by atoms with Crippen LogP contribution < -0.4 is 10.6 Å². The summed E-state index contributed by atoms with van der Waals surface area (Å²) in [5.74, 6) is 1.61. The normalized spacial score (nSPS) is 19.3. The van der Waals surface area contributed by atoms with E-state index in [9.17, 15) is 4.79 Å². The molecule has 0 radical (unpaired) electrons. The quantitative estimate of drug-likeness (QED) is 0.757. The zero-order valence-electron chi connectivity index (χ0n) is 12.9. The van der Waals surface area contributed by atoms with Crippen LogP contribution in [0.4, 0.5) is 0 Å². The molecule has 1 aliphatic heterocycles. The lowest BCUT2D eigenvalue weighted by atomic mass is 9.84. The Kier molecular flexibility index (Phi) is 8.67. The van der Waals surface area contributed by atoms with Crippen LogP contribution in [0.3, 0.4) is 0 Å². The smallest absolute Gasteiger partial charge is 0.220 e. The van der Waals surface area contributed by atoms with Gasteiger partial charge in [-0.3, -0.25) is 4.79 Å². The lowest BCUT2D eigenvalue weighted by Crippen LogP contribution is -2.34. The molecule has 4 heteroatoms. The van der Waals surface area contributed by atoms with Crippen molar-refractivity contribution < 1.29 is 4.79 Å². The largest absolute Gasteiger partial charge is 0.356 e. The fourth-order valence-electron chi connectivity index (χ4n) is 2.90. The maximum Gasteiger partial charge on any atom is 0.220 e. The Hall–Kier alpha value is -0.280. The molecule has 1 unspecified atom stereocenters. The van der Waals surface area contributed by atoms with Crippen molar-refractivity contribution >= 4 is 18.3 Å². The van der Waals surface area contributed by atoms with Crippen molar-refractivity contribution in [1.29, 1.82) is 0 Å². The van der Waals surface area contributed by atoms with E-state index in [4.69, 9.17) is 0 Å². The third-order valence-corrected chi connectivity index (χ3v) is 3.67. The standard InChI is InChI=1S/C15H30N2O.ClH/c1-12(2)9-15(3,4)11-17-14(18)6-5-13-7-8-16-10-13;/h12-13,16H,5-11H2,1-4H3,(H,17,18);1H. The number of carbonyl (C=O) groups is 1. The molecule has 3 nitrogen and oxygen atoms in total. The summed E-state index contributed by atoms with van der Waals surface area (Å²) in [6.45, 7) is 11.9. The molecule has 0 bridgehead atoms. The van der Waals surface area contributed by atoms with Gasteiger partial charge >= 0.3 is 0 Å². The Morgan fingerprint density at radius 1 is 1.42 bits per heavy atom. The van der Waals surface area contributed by atoms with E-state index in [2.05, 4.69) is 38.3 Å². The molecule has 0 aromatic rings. The van der Waals surface area contributed by atoms with Gasteiger partial charge in [-0.1, -0.05) is 27.7 Å². The minimum absolute atomic E-state index is 0. The first-order chi connectivity index (χ1) is 8.39. The summed E-state index contributed by atoms with van der Waals surface area (Å²) in [7, 11) is 0. The number of carbonyl (C=O) groups excluding carboxylic acids is 1. The van der Waals surface area contributed by atoms with Crippen molar-refractivity contribution in [3.8, 4) is 0 Å². The van der Waals surface area contributed by atoms with Gasteiger partial charge in [0, 0.05) is 13.0 Å². The minimum Gasteiger partial charge on any atom is -0.356 e. The van der Waals surface area contributed by atoms with Crippen LogP contribution in [-0.2, 0) is 4.79 Å². The fourth-order valence-corrected chi connectivity index (χ4v) is 2.90. The van der Waals surface area contributed by atoms with Crippen molar-refractivity contribution in [1.82, 2.24) is 10.6 Å². The lowest BCUT2D eigenvalue weighted by Gasteiger charge is -2.27. The first-order valence-corrected chi connectivity index (χ1v) is 7.36. The highest BCUT2D eigenvalue weighted by molar-refractivity contribution is 5.85. The molecule has 0 spiro atoms. The molecule has 2 N–H and O–H groups in total. The molecule has 1 atom stereocenters. The van der Waals surface area contributed by atoms with Gasteiger partial charge < -0.3 is 10.6 Å². The summed E-state index contributed by atoms with van der Waals surface area (Å²) >= 11 is 0. The Balaban J connectivity index is 0.00000324. The van der Waals surface area contributed by atoms with Gasteiger partial charge in [-0.05, 0) is 49.6 Å². The zero-order valence-corrected chi connectivity index (χ0v) is 13.7. The molecular formula is C15H31ClN2O. The van der Waals surface area contributed by atoms with Crippen molar-refractivity contribution in [2.45, 2.75) is 53.4 Å². The Bertz CT molecular complexity index is 261. The Morgan fingerprint density at radius 2 is 2.11 bits per heavy atom. The van der Waals surface area contributed by atoms with E-state index in [1.807, 2.05) is 0 Å². The average molecular weight is 291 g/mol. The van der Waals surface area contributed by atoms with Crippen LogP contribution in [0.1, 0.15) is 53.4 Å². The predicted octanol–water partition coefficient (Wildman–Crippen LogP) is 2.99. The fraction of sp³-hybridized carbons (Fsp3) is 0.933. The predicted molar refractivity (Wildman–Crippen MR) is 83.7 cm³/mol. The summed E-state index contributed by atoms with van der Waals surface area (Å²) in [6, 6.07) is 0. The number of hydrogen-bond donors (Lipinski definition) is 2. The summed E-state index contributed by atoms with van der Waals surface area (Å²) < 4.78 is 0. The molecule has 1 amide bonds. The zero-order chi connectivity index (χ0) is 13.6. The number of nitrogens with one attached hydrogen (secondary N) is 2. The topological polar surface area (TPSA) is 41.1 Å². The van der Waals surface area contributed by atoms with Crippen LogP contribution in [0.2, 0.25) is 0 Å².